The van der Waals surface area contributed by atoms with Gasteiger partial charge >= 0.3 is 5.97 Å². The first-order valence-electron chi connectivity index (χ1n) is 10.9. The SMILES string of the molecule is CCn1c2c(c3ccc(OC)cc31)CCN1CC3C(C)OC=C(C(=O)OC)C3CC21. The van der Waals surface area contributed by atoms with Crippen molar-refractivity contribution >= 4 is 16.9 Å². The molecule has 3 aliphatic rings. The molecular weight excluding hydrogens is 380 g/mol. The number of nitrogens with zero attached hydrogens (tertiary/aromatic N) is 2. The number of hydrogen-bond acceptors (Lipinski definition) is 5. The summed E-state index contributed by atoms with van der Waals surface area (Å²) >= 11 is 0. The number of benzene rings is 1. The Hall–Kier alpha value is -2.47. The Balaban J connectivity index is 1.61. The van der Waals surface area contributed by atoms with Crippen molar-refractivity contribution in [2.24, 2.45) is 11.8 Å². The Morgan fingerprint density at radius 1 is 1.30 bits per heavy atom. The molecule has 4 unspecified atom stereocenters. The van der Waals surface area contributed by atoms with E-state index in [9.17, 15) is 4.79 Å². The van der Waals surface area contributed by atoms with Crippen LogP contribution in [-0.4, -0.2) is 48.8 Å². The van der Waals surface area contributed by atoms with Gasteiger partial charge in [0.1, 0.15) is 5.75 Å². The van der Waals surface area contributed by atoms with Crippen LogP contribution in [0.3, 0.4) is 0 Å². The maximum Gasteiger partial charge on any atom is 0.337 e. The monoisotopic (exact) mass is 410 g/mol. The Morgan fingerprint density at radius 2 is 2.13 bits per heavy atom. The zero-order valence-electron chi connectivity index (χ0n) is 18.2. The van der Waals surface area contributed by atoms with Crippen LogP contribution in [0.2, 0.25) is 0 Å². The van der Waals surface area contributed by atoms with Crippen LogP contribution >= 0.6 is 0 Å². The molecule has 0 saturated carbocycles. The topological polar surface area (TPSA) is 52.9 Å². The maximum absolute atomic E-state index is 12.5. The van der Waals surface area contributed by atoms with Crippen LogP contribution in [-0.2, 0) is 27.2 Å². The van der Waals surface area contributed by atoms with Crippen LogP contribution in [0.25, 0.3) is 10.9 Å². The number of methoxy groups -OCH3 is 2. The number of ether oxygens (including phenoxy) is 3. The molecule has 6 heteroatoms. The van der Waals surface area contributed by atoms with E-state index in [1.807, 2.05) is 0 Å². The molecule has 0 N–H and O–H groups in total. The second kappa shape index (κ2) is 7.34. The van der Waals surface area contributed by atoms with Crippen LogP contribution in [0.1, 0.15) is 37.6 Å². The lowest BCUT2D eigenvalue weighted by atomic mass is 9.72. The molecule has 1 saturated heterocycles. The molecule has 2 aromatic rings. The highest BCUT2D eigenvalue weighted by Crippen LogP contribution is 2.48. The summed E-state index contributed by atoms with van der Waals surface area (Å²) in [5.41, 5.74) is 4.80. The third-order valence-electron chi connectivity index (χ3n) is 7.41. The number of esters is 1. The summed E-state index contributed by atoms with van der Waals surface area (Å²) in [6.07, 6.45) is 3.72. The zero-order chi connectivity index (χ0) is 21.0. The molecule has 0 amide bonds. The van der Waals surface area contributed by atoms with Gasteiger partial charge in [-0.3, -0.25) is 4.90 Å². The van der Waals surface area contributed by atoms with Gasteiger partial charge in [0.2, 0.25) is 0 Å². The van der Waals surface area contributed by atoms with Crippen LogP contribution in [0.15, 0.2) is 30.0 Å². The second-order valence-corrected chi connectivity index (χ2v) is 8.66. The van der Waals surface area contributed by atoms with E-state index in [4.69, 9.17) is 14.2 Å². The van der Waals surface area contributed by atoms with Crippen molar-refractivity contribution in [1.82, 2.24) is 9.47 Å². The molecule has 0 radical (unpaired) electrons. The minimum atomic E-state index is -0.262. The lowest BCUT2D eigenvalue weighted by molar-refractivity contribution is -0.139. The van der Waals surface area contributed by atoms with Gasteiger partial charge in [-0.05, 0) is 44.4 Å². The molecule has 30 heavy (non-hydrogen) atoms. The van der Waals surface area contributed by atoms with Gasteiger partial charge in [-0.15, -0.1) is 0 Å². The average Bonchev–Trinajstić information content (AvgIpc) is 3.11. The summed E-state index contributed by atoms with van der Waals surface area (Å²) < 4.78 is 18.9. The molecule has 0 aliphatic carbocycles. The predicted molar refractivity (Wildman–Crippen MR) is 114 cm³/mol. The quantitative estimate of drug-likeness (QED) is 0.723. The first kappa shape index (κ1) is 19.5. The van der Waals surface area contributed by atoms with E-state index >= 15 is 0 Å². The molecule has 4 atom stereocenters. The summed E-state index contributed by atoms with van der Waals surface area (Å²) in [7, 11) is 3.17. The lowest BCUT2D eigenvalue weighted by Crippen LogP contribution is -2.51. The molecule has 6 nitrogen and oxygen atoms in total. The van der Waals surface area contributed by atoms with Gasteiger partial charge in [-0.2, -0.15) is 0 Å². The fraction of sp³-hybridized carbons (Fsp3) is 0.542. The minimum absolute atomic E-state index is 0.104. The van der Waals surface area contributed by atoms with Gasteiger partial charge in [-0.1, -0.05) is 0 Å². The van der Waals surface area contributed by atoms with Crippen molar-refractivity contribution in [2.45, 2.75) is 45.4 Å². The summed E-state index contributed by atoms with van der Waals surface area (Å²) in [5, 5.41) is 1.33. The van der Waals surface area contributed by atoms with E-state index < -0.39 is 0 Å². The van der Waals surface area contributed by atoms with Gasteiger partial charge in [-0.25, -0.2) is 4.79 Å². The van der Waals surface area contributed by atoms with E-state index in [1.165, 1.54) is 29.3 Å². The van der Waals surface area contributed by atoms with Crippen LogP contribution in [0, 0.1) is 11.8 Å². The van der Waals surface area contributed by atoms with Crippen molar-refractivity contribution in [3.05, 3.63) is 41.3 Å². The summed E-state index contributed by atoms with van der Waals surface area (Å²) in [6, 6.07) is 6.72. The number of rotatable bonds is 3. The molecule has 1 aromatic heterocycles. The Bertz CT molecular complexity index is 1020. The summed E-state index contributed by atoms with van der Waals surface area (Å²) in [5.74, 6) is 1.09. The Morgan fingerprint density at radius 3 is 2.87 bits per heavy atom. The van der Waals surface area contributed by atoms with Gasteiger partial charge < -0.3 is 18.8 Å². The number of piperidine rings is 1. The summed E-state index contributed by atoms with van der Waals surface area (Å²) in [6.45, 7) is 7.22. The Labute approximate surface area is 177 Å². The second-order valence-electron chi connectivity index (χ2n) is 8.66. The maximum atomic E-state index is 12.5. The molecule has 160 valence electrons. The fourth-order valence-corrected chi connectivity index (χ4v) is 5.93. The number of aromatic nitrogens is 1. The molecule has 1 fully saturated rings. The van der Waals surface area contributed by atoms with Crippen molar-refractivity contribution in [2.75, 3.05) is 27.3 Å². The highest BCUT2D eigenvalue weighted by molar-refractivity contribution is 5.89. The third-order valence-corrected chi connectivity index (χ3v) is 7.41. The molecule has 0 spiro atoms. The predicted octanol–water partition coefficient (Wildman–Crippen LogP) is 3.68. The van der Waals surface area contributed by atoms with E-state index in [0.717, 1.165) is 38.2 Å². The molecule has 5 rings (SSSR count). The lowest BCUT2D eigenvalue weighted by Gasteiger charge is -2.49. The molecule has 3 aliphatic heterocycles. The van der Waals surface area contributed by atoms with Gasteiger partial charge in [0.25, 0.3) is 0 Å². The number of carbonyl (C=O) groups excluding carboxylic acids is 1. The molecule has 0 bridgehead atoms. The molecule has 1 aromatic carbocycles. The van der Waals surface area contributed by atoms with E-state index in [0.29, 0.717) is 17.5 Å². The van der Waals surface area contributed by atoms with E-state index in [-0.39, 0.29) is 18.0 Å². The minimum Gasteiger partial charge on any atom is -0.497 e. The number of aryl methyl sites for hydroxylation is 1. The largest absolute Gasteiger partial charge is 0.497 e. The van der Waals surface area contributed by atoms with Crippen LogP contribution < -0.4 is 4.74 Å². The highest BCUT2D eigenvalue weighted by atomic mass is 16.5. The van der Waals surface area contributed by atoms with Gasteiger partial charge in [0, 0.05) is 48.6 Å². The molecule has 4 heterocycles. The number of carbonyl (C=O) groups is 1. The zero-order valence-corrected chi connectivity index (χ0v) is 18.2. The van der Waals surface area contributed by atoms with Crippen LogP contribution in [0.5, 0.6) is 5.75 Å². The first-order chi connectivity index (χ1) is 14.6. The Kier molecular flexibility index (Phi) is 4.77. The van der Waals surface area contributed by atoms with Crippen molar-refractivity contribution in [3.63, 3.8) is 0 Å². The number of fused-ring (bicyclic) bond motifs is 6. The smallest absolute Gasteiger partial charge is 0.337 e. The highest BCUT2D eigenvalue weighted by Gasteiger charge is 2.47. The van der Waals surface area contributed by atoms with Gasteiger partial charge in [0.15, 0.2) is 0 Å². The number of hydrogen-bond donors (Lipinski definition) is 0. The fourth-order valence-electron chi connectivity index (χ4n) is 5.93. The van der Waals surface area contributed by atoms with Crippen molar-refractivity contribution in [1.29, 1.82) is 0 Å². The summed E-state index contributed by atoms with van der Waals surface area (Å²) in [4.78, 5) is 15.1. The van der Waals surface area contributed by atoms with Crippen molar-refractivity contribution < 1.29 is 19.0 Å². The van der Waals surface area contributed by atoms with Crippen molar-refractivity contribution in [3.8, 4) is 5.75 Å². The van der Waals surface area contributed by atoms with E-state index in [1.54, 1.807) is 13.4 Å². The van der Waals surface area contributed by atoms with Crippen LogP contribution in [0.4, 0.5) is 0 Å². The van der Waals surface area contributed by atoms with E-state index in [2.05, 4.69) is 41.5 Å². The first-order valence-corrected chi connectivity index (χ1v) is 10.9. The average molecular weight is 411 g/mol. The normalized spacial score (nSPS) is 28.1. The van der Waals surface area contributed by atoms with Gasteiger partial charge in [0.05, 0.1) is 43.7 Å². The standard InChI is InChI=1S/C24H30N2O4/c1-5-26-21-10-15(28-3)6-7-16(21)17-8-9-25-12-19-14(2)30-13-20(24(27)29-4)18(19)11-22(25)23(17)26/h6-7,10,13-14,18-19,22H,5,8-9,11-12H2,1-4H3. The third kappa shape index (κ3) is 2.77. The molecular formula is C24H30N2O4.